The first-order valence-corrected chi connectivity index (χ1v) is 20.0. The van der Waals surface area contributed by atoms with E-state index >= 15 is 0 Å². The molecule has 2 atom stereocenters. The van der Waals surface area contributed by atoms with Crippen LogP contribution in [0.1, 0.15) is 58.8 Å². The molecule has 4 aromatic rings. The van der Waals surface area contributed by atoms with Gasteiger partial charge in [0.2, 0.25) is 5.91 Å². The molecule has 1 aromatic carbocycles. The van der Waals surface area contributed by atoms with Crippen molar-refractivity contribution in [3.8, 4) is 17.0 Å². The molecule has 2 aliphatic rings. The number of aryl methyl sites for hydroxylation is 2. The van der Waals surface area contributed by atoms with Gasteiger partial charge in [-0.25, -0.2) is 13.7 Å². The van der Waals surface area contributed by atoms with Gasteiger partial charge >= 0.3 is 0 Å². The Morgan fingerprint density at radius 3 is 2.65 bits per heavy atom. The number of carbonyl (C=O) groups is 2. The Bertz CT molecular complexity index is 1810. The molecule has 4 heterocycles. The fourth-order valence-corrected chi connectivity index (χ4v) is 7.12. The maximum absolute atomic E-state index is 14.2. The third-order valence-corrected chi connectivity index (χ3v) is 11.0. The van der Waals surface area contributed by atoms with Gasteiger partial charge < -0.3 is 20.1 Å². The molecule has 0 radical (unpaired) electrons. The van der Waals surface area contributed by atoms with Crippen LogP contribution in [-0.2, 0) is 22.7 Å². The number of aromatic nitrogens is 5. The van der Waals surface area contributed by atoms with Crippen LogP contribution in [0.3, 0.4) is 0 Å². The fourth-order valence-electron chi connectivity index (χ4n) is 6.36. The topological polar surface area (TPSA) is 146 Å². The zero-order valence-electron chi connectivity index (χ0n) is 28.2. The number of benzene rings is 1. The number of amides is 2. The minimum absolute atomic E-state index is 0.0188. The second-order valence-electron chi connectivity index (χ2n) is 14.0. The van der Waals surface area contributed by atoms with Crippen molar-refractivity contribution in [3.63, 3.8) is 0 Å². The highest BCUT2D eigenvalue weighted by Crippen LogP contribution is 2.61. The minimum Gasteiger partial charge on any atom is -0.493 e. The summed E-state index contributed by atoms with van der Waals surface area (Å²) in [5.41, 5.74) is 4.51. The zero-order valence-corrected chi connectivity index (χ0v) is 29.2. The van der Waals surface area contributed by atoms with Crippen LogP contribution < -0.4 is 15.4 Å². The Hall–Kier alpha value is -4.43. The molecule has 1 fully saturated rings. The molecule has 1 aliphatic heterocycles. The summed E-state index contributed by atoms with van der Waals surface area (Å²) in [5.74, 6) is -1.59. The van der Waals surface area contributed by atoms with Gasteiger partial charge in [0.15, 0.2) is 5.69 Å². The van der Waals surface area contributed by atoms with Crippen LogP contribution in [0.15, 0.2) is 41.2 Å². The molecule has 1 spiro atoms. The van der Waals surface area contributed by atoms with Crippen molar-refractivity contribution in [2.75, 3.05) is 18.5 Å². The molecule has 6 rings (SSSR count). The Labute approximate surface area is 279 Å². The number of rotatable bonds is 12. The van der Waals surface area contributed by atoms with Crippen molar-refractivity contribution in [1.82, 2.24) is 30.4 Å². The number of anilines is 1. The van der Waals surface area contributed by atoms with Crippen LogP contribution >= 0.6 is 0 Å². The van der Waals surface area contributed by atoms with Gasteiger partial charge in [-0.3, -0.25) is 14.6 Å². The van der Waals surface area contributed by atoms with E-state index in [1.54, 1.807) is 18.3 Å². The Morgan fingerprint density at radius 2 is 1.96 bits per heavy atom. The SMILES string of the molecule is CCc1nonc1C(=O)N[C@H](C(=O)Nc1ccc(-c2c(C)nn(COCC[Si](C)(C)C)c2C)nc1)C1c2ccc(F)cc2OCC12CC2. The summed E-state index contributed by atoms with van der Waals surface area (Å²) in [5, 5.41) is 18.2. The average Bonchev–Trinajstić information content (AvgIpc) is 3.52. The lowest BCUT2D eigenvalue weighted by molar-refractivity contribution is -0.119. The summed E-state index contributed by atoms with van der Waals surface area (Å²) in [4.78, 5) is 32.3. The first-order chi connectivity index (χ1) is 22.9. The number of fused-ring (bicyclic) bond motifs is 1. The zero-order chi connectivity index (χ0) is 34.2. The number of hydrogen-bond donors (Lipinski definition) is 2. The first kappa shape index (κ1) is 33.5. The van der Waals surface area contributed by atoms with E-state index in [0.29, 0.717) is 54.8 Å². The smallest absolute Gasteiger partial charge is 0.276 e. The highest BCUT2D eigenvalue weighted by Gasteiger charge is 2.58. The number of nitrogens with zero attached hydrogens (tertiary/aromatic N) is 5. The van der Waals surface area contributed by atoms with E-state index in [0.717, 1.165) is 35.8 Å². The van der Waals surface area contributed by atoms with Crippen molar-refractivity contribution in [1.29, 1.82) is 0 Å². The summed E-state index contributed by atoms with van der Waals surface area (Å²) in [6.45, 7) is 14.1. The molecule has 254 valence electrons. The van der Waals surface area contributed by atoms with Crippen LogP contribution in [0.4, 0.5) is 10.1 Å². The van der Waals surface area contributed by atoms with Gasteiger partial charge in [-0.1, -0.05) is 37.8 Å². The second-order valence-corrected chi connectivity index (χ2v) is 19.6. The van der Waals surface area contributed by atoms with Crippen molar-refractivity contribution in [2.45, 2.75) is 84.4 Å². The molecule has 0 saturated heterocycles. The van der Waals surface area contributed by atoms with Crippen LogP contribution in [0.25, 0.3) is 11.3 Å². The summed E-state index contributed by atoms with van der Waals surface area (Å²) in [7, 11) is -1.19. The molecule has 48 heavy (non-hydrogen) atoms. The van der Waals surface area contributed by atoms with E-state index in [1.807, 2.05) is 31.5 Å². The lowest BCUT2D eigenvalue weighted by Crippen LogP contribution is -2.52. The minimum atomic E-state index is -1.19. The van der Waals surface area contributed by atoms with E-state index in [1.165, 1.54) is 12.1 Å². The molecular weight excluding hydrogens is 634 g/mol. The van der Waals surface area contributed by atoms with Crippen LogP contribution in [0.5, 0.6) is 5.75 Å². The van der Waals surface area contributed by atoms with Gasteiger partial charge in [-0.15, -0.1) is 0 Å². The predicted octanol–water partition coefficient (Wildman–Crippen LogP) is 5.65. The number of hydrogen-bond acceptors (Lipinski definition) is 9. The molecule has 14 heteroatoms. The maximum Gasteiger partial charge on any atom is 0.276 e. The lowest BCUT2D eigenvalue weighted by atomic mass is 9.76. The first-order valence-electron chi connectivity index (χ1n) is 16.3. The number of carbonyl (C=O) groups excluding carboxylic acids is 2. The number of nitrogens with one attached hydrogen (secondary N) is 2. The van der Waals surface area contributed by atoms with Gasteiger partial charge in [0.1, 0.15) is 30.0 Å². The Balaban J connectivity index is 1.24. The summed E-state index contributed by atoms with van der Waals surface area (Å²) in [6.07, 6.45) is 3.61. The summed E-state index contributed by atoms with van der Waals surface area (Å²) >= 11 is 0. The maximum atomic E-state index is 14.2. The number of pyridine rings is 1. The fraction of sp³-hybridized carbons (Fsp3) is 0.471. The quantitative estimate of drug-likeness (QED) is 0.144. The second kappa shape index (κ2) is 13.2. The molecule has 1 aliphatic carbocycles. The van der Waals surface area contributed by atoms with E-state index in [-0.39, 0.29) is 11.1 Å². The van der Waals surface area contributed by atoms with Crippen molar-refractivity contribution < 1.29 is 28.1 Å². The standard InChI is InChI=1S/C34H42FN7O5Si/c1-7-25-30(41-47-40-25)32(43)38-31(29-24-10-8-22(35)16-27(24)46-18-34(29)12-13-34)33(44)37-23-9-11-26(36-17-23)28-20(2)39-42(21(28)3)19-45-14-15-48(4,5)6/h8-11,16-17,29,31H,7,12-15,18-19H2,1-6H3,(H,37,44)(H,38,43)/t29?,31-/m0/s1. The van der Waals surface area contributed by atoms with Crippen LogP contribution in [0.2, 0.25) is 25.7 Å². The monoisotopic (exact) mass is 675 g/mol. The highest BCUT2D eigenvalue weighted by atomic mass is 28.3. The normalized spacial score (nSPS) is 17.0. The number of halogens is 1. The molecule has 3 aromatic heterocycles. The molecule has 2 N–H and O–H groups in total. The lowest BCUT2D eigenvalue weighted by Gasteiger charge is -2.38. The molecule has 12 nitrogen and oxygen atoms in total. The van der Waals surface area contributed by atoms with Gasteiger partial charge in [0.05, 0.1) is 29.9 Å². The van der Waals surface area contributed by atoms with Crippen molar-refractivity contribution in [2.24, 2.45) is 5.41 Å². The van der Waals surface area contributed by atoms with E-state index in [4.69, 9.17) is 14.1 Å². The molecule has 0 bridgehead atoms. The summed E-state index contributed by atoms with van der Waals surface area (Å²) < 4.78 is 32.7. The third kappa shape index (κ3) is 6.90. The number of ether oxygens (including phenoxy) is 2. The van der Waals surface area contributed by atoms with Gasteiger partial charge in [-0.05, 0) is 62.5 Å². The van der Waals surface area contributed by atoms with Gasteiger partial charge in [-0.2, -0.15) is 5.10 Å². The van der Waals surface area contributed by atoms with Gasteiger partial charge in [0, 0.05) is 48.9 Å². The Kier molecular flexibility index (Phi) is 9.22. The molecule has 1 unspecified atom stereocenters. The summed E-state index contributed by atoms with van der Waals surface area (Å²) in [6, 6.07) is 7.94. The Morgan fingerprint density at radius 1 is 1.17 bits per heavy atom. The van der Waals surface area contributed by atoms with Crippen LogP contribution in [-0.4, -0.2) is 64.2 Å². The molecule has 1 saturated carbocycles. The average molecular weight is 676 g/mol. The van der Waals surface area contributed by atoms with E-state index < -0.39 is 37.7 Å². The van der Waals surface area contributed by atoms with E-state index in [2.05, 4.69) is 50.7 Å². The molecule has 2 amide bonds. The van der Waals surface area contributed by atoms with Crippen molar-refractivity contribution in [3.05, 3.63) is 70.7 Å². The third-order valence-electron chi connectivity index (χ3n) is 9.27. The molecular formula is C34H42FN7O5Si. The predicted molar refractivity (Wildman–Crippen MR) is 179 cm³/mol. The van der Waals surface area contributed by atoms with Crippen molar-refractivity contribution >= 4 is 25.6 Å². The van der Waals surface area contributed by atoms with Gasteiger partial charge in [0.25, 0.3) is 5.91 Å². The van der Waals surface area contributed by atoms with E-state index in [9.17, 15) is 14.0 Å². The van der Waals surface area contributed by atoms with Crippen LogP contribution in [0, 0.1) is 25.1 Å². The highest BCUT2D eigenvalue weighted by molar-refractivity contribution is 6.76. The largest absolute Gasteiger partial charge is 0.493 e.